The van der Waals surface area contributed by atoms with Gasteiger partial charge in [-0.15, -0.1) is 0 Å². The van der Waals surface area contributed by atoms with Crippen LogP contribution in [0.15, 0.2) is 36.5 Å². The summed E-state index contributed by atoms with van der Waals surface area (Å²) in [5.74, 6) is -0.349. The molecule has 0 bridgehead atoms. The van der Waals surface area contributed by atoms with E-state index < -0.39 is 11.9 Å². The summed E-state index contributed by atoms with van der Waals surface area (Å²) in [5.41, 5.74) is 0.882. The number of nitrogens with zero attached hydrogens (tertiary/aromatic N) is 2. The van der Waals surface area contributed by atoms with Crippen molar-refractivity contribution in [2.45, 2.75) is 13.3 Å². The number of carbonyl (C=O) groups is 3. The number of hydrogen-bond donors (Lipinski definition) is 1. The van der Waals surface area contributed by atoms with E-state index in [2.05, 4.69) is 26.9 Å². The number of carbonyl (C=O) groups excluding carboxylic acids is 3. The Kier molecular flexibility index (Phi) is 6.11. The maximum absolute atomic E-state index is 12.7. The van der Waals surface area contributed by atoms with Crippen LogP contribution in [-0.4, -0.2) is 50.1 Å². The van der Waals surface area contributed by atoms with E-state index >= 15 is 0 Å². The van der Waals surface area contributed by atoms with Crippen molar-refractivity contribution in [1.29, 1.82) is 0 Å². The van der Waals surface area contributed by atoms with Crippen molar-refractivity contribution >= 4 is 29.4 Å². The summed E-state index contributed by atoms with van der Waals surface area (Å²) in [7, 11) is 2.44. The van der Waals surface area contributed by atoms with Crippen molar-refractivity contribution in [1.82, 2.24) is 4.98 Å². The molecule has 1 unspecified atom stereocenters. The minimum Gasteiger partial charge on any atom is -0.465 e. The molecule has 152 valence electrons. The van der Waals surface area contributed by atoms with Gasteiger partial charge < -0.3 is 19.7 Å². The van der Waals surface area contributed by atoms with Gasteiger partial charge in [-0.1, -0.05) is 6.92 Å². The van der Waals surface area contributed by atoms with Gasteiger partial charge in [0.15, 0.2) is 0 Å². The molecule has 1 N–H and O–H groups in total. The molecule has 0 spiro atoms. The largest absolute Gasteiger partial charge is 0.465 e. The lowest BCUT2D eigenvalue weighted by Gasteiger charge is -2.17. The molecule has 1 amide bonds. The molecule has 1 aliphatic rings. The van der Waals surface area contributed by atoms with Gasteiger partial charge in [-0.2, -0.15) is 0 Å². The Labute approximate surface area is 168 Å². The fourth-order valence-corrected chi connectivity index (χ4v) is 3.27. The monoisotopic (exact) mass is 397 g/mol. The van der Waals surface area contributed by atoms with E-state index in [0.29, 0.717) is 17.2 Å². The van der Waals surface area contributed by atoms with Gasteiger partial charge in [0.05, 0.1) is 25.3 Å². The van der Waals surface area contributed by atoms with E-state index in [1.54, 1.807) is 18.3 Å². The number of esters is 2. The summed E-state index contributed by atoms with van der Waals surface area (Å²) in [5, 5.41) is 2.74. The molecule has 1 saturated heterocycles. The predicted octanol–water partition coefficient (Wildman–Crippen LogP) is 2.75. The molecule has 8 nitrogen and oxygen atoms in total. The second-order valence-electron chi connectivity index (χ2n) is 6.94. The number of hydrogen-bond acceptors (Lipinski definition) is 7. The second kappa shape index (κ2) is 8.72. The van der Waals surface area contributed by atoms with Gasteiger partial charge in [0.25, 0.3) is 5.91 Å². The van der Waals surface area contributed by atoms with Crippen LogP contribution in [0.3, 0.4) is 0 Å². The molecule has 2 heterocycles. The van der Waals surface area contributed by atoms with Crippen LogP contribution in [0.4, 0.5) is 11.5 Å². The lowest BCUT2D eigenvalue weighted by molar-refractivity contribution is 0.0555. The third-order valence-electron chi connectivity index (χ3n) is 4.84. The number of nitrogens with one attached hydrogen (secondary N) is 1. The summed E-state index contributed by atoms with van der Waals surface area (Å²) in [6, 6.07) is 7.71. The van der Waals surface area contributed by atoms with Crippen molar-refractivity contribution in [3.63, 3.8) is 0 Å². The number of anilines is 2. The predicted molar refractivity (Wildman–Crippen MR) is 107 cm³/mol. The fraction of sp³-hybridized carbons (Fsp3) is 0.333. The second-order valence-corrected chi connectivity index (χ2v) is 6.94. The molecule has 0 radical (unpaired) electrons. The van der Waals surface area contributed by atoms with Crippen molar-refractivity contribution < 1.29 is 23.9 Å². The Morgan fingerprint density at radius 2 is 1.79 bits per heavy atom. The van der Waals surface area contributed by atoms with Crippen molar-refractivity contribution in [3.05, 3.63) is 53.2 Å². The van der Waals surface area contributed by atoms with Crippen molar-refractivity contribution in [2.75, 3.05) is 37.5 Å². The lowest BCUT2D eigenvalue weighted by Crippen LogP contribution is -2.21. The Hall–Kier alpha value is -3.42. The van der Waals surface area contributed by atoms with Gasteiger partial charge in [0, 0.05) is 30.5 Å². The molecular formula is C21H23N3O5. The molecule has 1 fully saturated rings. The van der Waals surface area contributed by atoms with Crippen molar-refractivity contribution in [3.8, 4) is 0 Å². The SMILES string of the molecule is COC(=O)c1ccc(NC(=O)c2ccnc(N3CCC(C)C3)c2)cc1C(=O)OC. The highest BCUT2D eigenvalue weighted by Crippen LogP contribution is 2.23. The van der Waals surface area contributed by atoms with Crippen LogP contribution < -0.4 is 10.2 Å². The summed E-state index contributed by atoms with van der Waals surface area (Å²) < 4.78 is 9.41. The highest BCUT2D eigenvalue weighted by atomic mass is 16.5. The normalized spacial score (nSPS) is 15.7. The third kappa shape index (κ3) is 4.53. The van der Waals surface area contributed by atoms with Crippen LogP contribution >= 0.6 is 0 Å². The standard InChI is InChI=1S/C21H23N3O5/c1-13-7-9-24(12-13)18-10-14(6-8-22-18)19(25)23-15-4-5-16(20(26)28-2)17(11-15)21(27)29-3/h4-6,8,10-11,13H,7,9,12H2,1-3H3,(H,23,25). The molecule has 0 saturated carbocycles. The smallest absolute Gasteiger partial charge is 0.338 e. The molecule has 0 aliphatic carbocycles. The van der Waals surface area contributed by atoms with E-state index in [1.807, 2.05) is 0 Å². The highest BCUT2D eigenvalue weighted by Gasteiger charge is 2.22. The molecule has 8 heteroatoms. The first-order valence-corrected chi connectivity index (χ1v) is 9.26. The van der Waals surface area contributed by atoms with Gasteiger partial charge in [0.2, 0.25) is 0 Å². The van der Waals surface area contributed by atoms with Gasteiger partial charge in [0.1, 0.15) is 5.82 Å². The van der Waals surface area contributed by atoms with Gasteiger partial charge in [-0.05, 0) is 42.7 Å². The maximum Gasteiger partial charge on any atom is 0.338 e. The number of benzene rings is 1. The zero-order valence-corrected chi connectivity index (χ0v) is 16.6. The van der Waals surface area contributed by atoms with Crippen molar-refractivity contribution in [2.24, 2.45) is 5.92 Å². The molecule has 1 aromatic carbocycles. The first-order valence-electron chi connectivity index (χ1n) is 9.26. The molecule has 1 aliphatic heterocycles. The van der Waals surface area contributed by atoms with E-state index in [0.717, 1.165) is 25.3 Å². The molecular weight excluding hydrogens is 374 g/mol. The average molecular weight is 397 g/mol. The lowest BCUT2D eigenvalue weighted by atomic mass is 10.1. The highest BCUT2D eigenvalue weighted by molar-refractivity contribution is 6.07. The van der Waals surface area contributed by atoms with E-state index in [1.165, 1.54) is 32.4 Å². The number of methoxy groups -OCH3 is 2. The average Bonchev–Trinajstić information content (AvgIpc) is 3.19. The molecule has 2 aromatic rings. The van der Waals surface area contributed by atoms with Crippen LogP contribution in [0.2, 0.25) is 0 Å². The van der Waals surface area contributed by atoms with Crippen LogP contribution in [0, 0.1) is 5.92 Å². The number of amides is 1. The number of pyridine rings is 1. The van der Waals surface area contributed by atoms with Crippen LogP contribution in [0.1, 0.15) is 44.4 Å². The van der Waals surface area contributed by atoms with Gasteiger partial charge in [-0.25, -0.2) is 14.6 Å². The minimum atomic E-state index is -0.698. The van der Waals surface area contributed by atoms with E-state index in [4.69, 9.17) is 4.74 Å². The minimum absolute atomic E-state index is 0.0126. The zero-order chi connectivity index (χ0) is 21.0. The zero-order valence-electron chi connectivity index (χ0n) is 16.6. The third-order valence-corrected chi connectivity index (χ3v) is 4.84. The first-order chi connectivity index (χ1) is 13.9. The topological polar surface area (TPSA) is 97.8 Å². The number of ether oxygens (including phenoxy) is 2. The first kappa shape index (κ1) is 20.3. The Morgan fingerprint density at radius 1 is 1.07 bits per heavy atom. The molecule has 29 heavy (non-hydrogen) atoms. The van der Waals surface area contributed by atoms with E-state index in [9.17, 15) is 14.4 Å². The Morgan fingerprint density at radius 3 is 2.45 bits per heavy atom. The fourth-order valence-electron chi connectivity index (χ4n) is 3.27. The Bertz CT molecular complexity index is 944. The molecule has 3 rings (SSSR count). The molecule has 1 atom stereocenters. The number of aromatic nitrogens is 1. The van der Waals surface area contributed by atoms with Crippen LogP contribution in [-0.2, 0) is 9.47 Å². The summed E-state index contributed by atoms with van der Waals surface area (Å²) in [6.45, 7) is 4.01. The molecule has 1 aromatic heterocycles. The summed E-state index contributed by atoms with van der Waals surface area (Å²) in [6.07, 6.45) is 2.70. The van der Waals surface area contributed by atoms with Crippen LogP contribution in [0.5, 0.6) is 0 Å². The quantitative estimate of drug-likeness (QED) is 0.775. The van der Waals surface area contributed by atoms with Gasteiger partial charge >= 0.3 is 11.9 Å². The summed E-state index contributed by atoms with van der Waals surface area (Å²) in [4.78, 5) is 43.1. The Balaban J connectivity index is 1.82. The van der Waals surface area contributed by atoms with Crippen LogP contribution in [0.25, 0.3) is 0 Å². The number of rotatable bonds is 5. The van der Waals surface area contributed by atoms with E-state index in [-0.39, 0.29) is 17.0 Å². The summed E-state index contributed by atoms with van der Waals surface area (Å²) >= 11 is 0. The maximum atomic E-state index is 12.7. The van der Waals surface area contributed by atoms with Gasteiger partial charge in [-0.3, -0.25) is 4.79 Å².